The van der Waals surface area contributed by atoms with Crippen molar-refractivity contribution in [2.75, 3.05) is 17.2 Å². The Bertz CT molecular complexity index is 491. The molecule has 0 fully saturated rings. The molecule has 0 radical (unpaired) electrons. The molecule has 17 heavy (non-hydrogen) atoms. The maximum absolute atomic E-state index is 5.96. The van der Waals surface area contributed by atoms with Crippen LogP contribution in [-0.2, 0) is 0 Å². The second kappa shape index (κ2) is 4.87. The Balaban J connectivity index is 2.40. The Morgan fingerprint density at radius 1 is 1.18 bits per heavy atom. The number of nitrogens with zero attached hydrogens (tertiary/aromatic N) is 2. The van der Waals surface area contributed by atoms with Gasteiger partial charge in [0.25, 0.3) is 0 Å². The van der Waals surface area contributed by atoms with Crippen LogP contribution in [0.1, 0.15) is 12.5 Å². The van der Waals surface area contributed by atoms with Crippen LogP contribution in [0.3, 0.4) is 0 Å². The zero-order valence-corrected chi connectivity index (χ0v) is 10.2. The van der Waals surface area contributed by atoms with Gasteiger partial charge < -0.3 is 10.6 Å². The van der Waals surface area contributed by atoms with E-state index in [0.717, 1.165) is 18.1 Å². The lowest BCUT2D eigenvalue weighted by Crippen LogP contribution is -2.18. The largest absolute Gasteiger partial charge is 0.396 e. The van der Waals surface area contributed by atoms with Crippen molar-refractivity contribution in [3.05, 3.63) is 48.2 Å². The fourth-order valence-corrected chi connectivity index (χ4v) is 1.81. The average molecular weight is 227 g/mol. The maximum atomic E-state index is 5.96. The molecule has 3 nitrogen and oxygen atoms in total. The van der Waals surface area contributed by atoms with Gasteiger partial charge in [0, 0.05) is 18.4 Å². The third-order valence-corrected chi connectivity index (χ3v) is 2.73. The van der Waals surface area contributed by atoms with Gasteiger partial charge >= 0.3 is 0 Å². The number of benzene rings is 1. The highest BCUT2D eigenvalue weighted by Gasteiger charge is 2.10. The van der Waals surface area contributed by atoms with Gasteiger partial charge in [-0.1, -0.05) is 17.7 Å². The van der Waals surface area contributed by atoms with Crippen molar-refractivity contribution in [2.45, 2.75) is 13.8 Å². The predicted octanol–water partition coefficient (Wildman–Crippen LogP) is 3.13. The second-order valence-electron chi connectivity index (χ2n) is 4.00. The Kier molecular flexibility index (Phi) is 3.28. The molecule has 0 atom stereocenters. The summed E-state index contributed by atoms with van der Waals surface area (Å²) in [5.41, 5.74) is 9.03. The topological polar surface area (TPSA) is 42.2 Å². The maximum Gasteiger partial charge on any atom is 0.156 e. The number of rotatable bonds is 3. The zero-order valence-electron chi connectivity index (χ0n) is 10.2. The van der Waals surface area contributed by atoms with E-state index in [1.54, 1.807) is 6.20 Å². The molecule has 0 saturated carbocycles. The lowest BCUT2D eigenvalue weighted by atomic mass is 10.2. The summed E-state index contributed by atoms with van der Waals surface area (Å²) in [6, 6.07) is 12.1. The van der Waals surface area contributed by atoms with Gasteiger partial charge in [-0.3, -0.25) is 0 Å². The van der Waals surface area contributed by atoms with Crippen LogP contribution >= 0.6 is 0 Å². The number of pyridine rings is 1. The molecule has 1 aromatic carbocycles. The Morgan fingerprint density at radius 3 is 2.47 bits per heavy atom. The Labute approximate surface area is 102 Å². The van der Waals surface area contributed by atoms with Crippen LogP contribution in [0.25, 0.3) is 0 Å². The van der Waals surface area contributed by atoms with Crippen LogP contribution in [0.5, 0.6) is 0 Å². The molecule has 1 heterocycles. The summed E-state index contributed by atoms with van der Waals surface area (Å²) < 4.78 is 0. The summed E-state index contributed by atoms with van der Waals surface area (Å²) in [6.45, 7) is 5.01. The van der Waals surface area contributed by atoms with Gasteiger partial charge in [0.15, 0.2) is 5.82 Å². The van der Waals surface area contributed by atoms with E-state index in [0.29, 0.717) is 5.69 Å². The number of hydrogen-bond donors (Lipinski definition) is 1. The average Bonchev–Trinajstić information content (AvgIpc) is 2.35. The summed E-state index contributed by atoms with van der Waals surface area (Å²) >= 11 is 0. The van der Waals surface area contributed by atoms with E-state index in [1.807, 2.05) is 12.1 Å². The molecule has 2 N–H and O–H groups in total. The number of aryl methyl sites for hydroxylation is 1. The van der Waals surface area contributed by atoms with Crippen LogP contribution in [-0.4, -0.2) is 11.5 Å². The van der Waals surface area contributed by atoms with Crippen molar-refractivity contribution in [1.82, 2.24) is 4.98 Å². The van der Waals surface area contributed by atoms with Crippen molar-refractivity contribution >= 4 is 17.2 Å². The van der Waals surface area contributed by atoms with Crippen LogP contribution in [0, 0.1) is 6.92 Å². The quantitative estimate of drug-likeness (QED) is 0.876. The molecular weight excluding hydrogens is 210 g/mol. The molecule has 88 valence electrons. The minimum atomic E-state index is 0.704. The summed E-state index contributed by atoms with van der Waals surface area (Å²) in [5, 5.41) is 0. The highest BCUT2D eigenvalue weighted by atomic mass is 15.2. The van der Waals surface area contributed by atoms with Crippen molar-refractivity contribution in [1.29, 1.82) is 0 Å². The van der Waals surface area contributed by atoms with E-state index in [9.17, 15) is 0 Å². The van der Waals surface area contributed by atoms with Crippen molar-refractivity contribution in [2.24, 2.45) is 0 Å². The number of nitrogens with two attached hydrogens (primary N) is 1. The van der Waals surface area contributed by atoms with E-state index in [-0.39, 0.29) is 0 Å². The fourth-order valence-electron chi connectivity index (χ4n) is 1.81. The van der Waals surface area contributed by atoms with Crippen LogP contribution in [0.4, 0.5) is 17.2 Å². The molecule has 1 aromatic heterocycles. The normalized spacial score (nSPS) is 10.2. The van der Waals surface area contributed by atoms with Gasteiger partial charge in [-0.25, -0.2) is 4.98 Å². The molecule has 0 bridgehead atoms. The Morgan fingerprint density at radius 2 is 1.88 bits per heavy atom. The van der Waals surface area contributed by atoms with Crippen LogP contribution in [0.2, 0.25) is 0 Å². The van der Waals surface area contributed by atoms with E-state index in [4.69, 9.17) is 5.73 Å². The lowest BCUT2D eigenvalue weighted by molar-refractivity contribution is 0.992. The minimum absolute atomic E-state index is 0.704. The molecule has 0 aliphatic carbocycles. The molecule has 0 unspecified atom stereocenters. The molecule has 2 rings (SSSR count). The first-order valence-electron chi connectivity index (χ1n) is 5.77. The first kappa shape index (κ1) is 11.5. The number of aromatic nitrogens is 1. The summed E-state index contributed by atoms with van der Waals surface area (Å²) in [4.78, 5) is 6.46. The number of nitrogen functional groups attached to an aromatic ring is 1. The second-order valence-corrected chi connectivity index (χ2v) is 4.00. The van der Waals surface area contributed by atoms with Crippen molar-refractivity contribution in [3.8, 4) is 0 Å². The molecular formula is C14H17N3. The predicted molar refractivity (Wildman–Crippen MR) is 72.5 cm³/mol. The third kappa shape index (κ3) is 2.38. The third-order valence-electron chi connectivity index (χ3n) is 2.73. The Hall–Kier alpha value is -2.03. The smallest absolute Gasteiger partial charge is 0.156 e. The highest BCUT2D eigenvalue weighted by Crippen LogP contribution is 2.27. The molecule has 0 spiro atoms. The zero-order chi connectivity index (χ0) is 12.3. The first-order valence-corrected chi connectivity index (χ1v) is 5.77. The van der Waals surface area contributed by atoms with E-state index >= 15 is 0 Å². The van der Waals surface area contributed by atoms with Crippen LogP contribution in [0.15, 0.2) is 42.6 Å². The summed E-state index contributed by atoms with van der Waals surface area (Å²) in [5.74, 6) is 0.818. The number of anilines is 3. The van der Waals surface area contributed by atoms with E-state index in [2.05, 4.69) is 48.0 Å². The van der Waals surface area contributed by atoms with Gasteiger partial charge in [0.1, 0.15) is 0 Å². The fraction of sp³-hybridized carbons (Fsp3) is 0.214. The molecule has 2 aromatic rings. The van der Waals surface area contributed by atoms with Gasteiger partial charge in [-0.15, -0.1) is 0 Å². The molecule has 0 saturated heterocycles. The van der Waals surface area contributed by atoms with Gasteiger partial charge in [-0.2, -0.15) is 0 Å². The summed E-state index contributed by atoms with van der Waals surface area (Å²) in [7, 11) is 0. The van der Waals surface area contributed by atoms with Gasteiger partial charge in [0.05, 0.1) is 5.69 Å². The molecule has 0 amide bonds. The van der Waals surface area contributed by atoms with Gasteiger partial charge in [-0.05, 0) is 38.1 Å². The molecule has 0 aliphatic heterocycles. The number of hydrogen-bond acceptors (Lipinski definition) is 3. The van der Waals surface area contributed by atoms with E-state index < -0.39 is 0 Å². The monoisotopic (exact) mass is 227 g/mol. The standard InChI is InChI=1S/C14H17N3/c1-3-17(12-8-6-11(2)7-9-12)14-13(15)5-4-10-16-14/h4-10H,3,15H2,1-2H3. The SMILES string of the molecule is CCN(c1ccc(C)cc1)c1ncccc1N. The molecule has 3 heteroatoms. The van der Waals surface area contributed by atoms with E-state index in [1.165, 1.54) is 5.56 Å². The van der Waals surface area contributed by atoms with Crippen molar-refractivity contribution < 1.29 is 0 Å². The van der Waals surface area contributed by atoms with Crippen LogP contribution < -0.4 is 10.6 Å². The molecule has 0 aliphatic rings. The highest BCUT2D eigenvalue weighted by molar-refractivity contribution is 5.70. The first-order chi connectivity index (χ1) is 8.22. The minimum Gasteiger partial charge on any atom is -0.396 e. The summed E-state index contributed by atoms with van der Waals surface area (Å²) in [6.07, 6.45) is 1.77. The lowest BCUT2D eigenvalue weighted by Gasteiger charge is -2.23. The van der Waals surface area contributed by atoms with Gasteiger partial charge in [0.2, 0.25) is 0 Å². The van der Waals surface area contributed by atoms with Crippen molar-refractivity contribution in [3.63, 3.8) is 0 Å².